The number of ether oxygens (including phenoxy) is 1. The third-order valence-electron chi connectivity index (χ3n) is 4.23. The molecule has 0 aromatic carbocycles. The van der Waals surface area contributed by atoms with Gasteiger partial charge in [0.15, 0.2) is 0 Å². The average molecular weight is 184 g/mol. The summed E-state index contributed by atoms with van der Waals surface area (Å²) in [5, 5.41) is 10.2. The van der Waals surface area contributed by atoms with E-state index in [4.69, 9.17) is 4.74 Å². The van der Waals surface area contributed by atoms with Crippen molar-refractivity contribution in [2.75, 3.05) is 7.11 Å². The van der Waals surface area contributed by atoms with Crippen molar-refractivity contribution < 1.29 is 9.84 Å². The molecular formula is C11H20O2. The van der Waals surface area contributed by atoms with E-state index in [-0.39, 0.29) is 11.5 Å². The van der Waals surface area contributed by atoms with Gasteiger partial charge in [-0.15, -0.1) is 0 Å². The fraction of sp³-hybridized carbons (Fsp3) is 1.00. The first kappa shape index (κ1) is 9.47. The molecule has 0 aromatic heterocycles. The molecule has 0 amide bonds. The summed E-state index contributed by atoms with van der Waals surface area (Å²) in [6, 6.07) is 0. The lowest BCUT2D eigenvalue weighted by Crippen LogP contribution is -2.40. The summed E-state index contributed by atoms with van der Waals surface area (Å²) in [5.74, 6) is 0.468. The zero-order valence-electron chi connectivity index (χ0n) is 8.62. The lowest BCUT2D eigenvalue weighted by atomic mass is 9.79. The van der Waals surface area contributed by atoms with E-state index in [9.17, 15) is 5.11 Å². The molecule has 0 aliphatic heterocycles. The number of methoxy groups -OCH3 is 1. The van der Waals surface area contributed by atoms with Crippen LogP contribution in [-0.2, 0) is 4.74 Å². The highest BCUT2D eigenvalue weighted by Gasteiger charge is 2.53. The van der Waals surface area contributed by atoms with Crippen molar-refractivity contribution in [2.24, 2.45) is 11.3 Å². The summed E-state index contributed by atoms with van der Waals surface area (Å²) in [7, 11) is 1.79. The Kier molecular flexibility index (Phi) is 2.37. The van der Waals surface area contributed by atoms with Crippen LogP contribution in [0.4, 0.5) is 0 Å². The van der Waals surface area contributed by atoms with Gasteiger partial charge in [-0.2, -0.15) is 0 Å². The number of rotatable bonds is 1. The van der Waals surface area contributed by atoms with Gasteiger partial charge in [0.25, 0.3) is 0 Å². The van der Waals surface area contributed by atoms with Gasteiger partial charge < -0.3 is 9.84 Å². The molecule has 1 spiro atoms. The van der Waals surface area contributed by atoms with Crippen LogP contribution in [0.5, 0.6) is 0 Å². The number of hydrogen-bond acceptors (Lipinski definition) is 2. The minimum absolute atomic E-state index is 0.119. The third kappa shape index (κ3) is 1.23. The smallest absolute Gasteiger partial charge is 0.0652 e. The van der Waals surface area contributed by atoms with E-state index in [2.05, 4.69) is 6.92 Å². The van der Waals surface area contributed by atoms with Gasteiger partial charge in [0, 0.05) is 12.5 Å². The quantitative estimate of drug-likeness (QED) is 0.675. The van der Waals surface area contributed by atoms with Crippen LogP contribution < -0.4 is 0 Å². The molecule has 13 heavy (non-hydrogen) atoms. The monoisotopic (exact) mass is 184 g/mol. The van der Waals surface area contributed by atoms with Gasteiger partial charge >= 0.3 is 0 Å². The lowest BCUT2D eigenvalue weighted by Gasteiger charge is -2.34. The molecule has 2 saturated carbocycles. The fourth-order valence-corrected chi connectivity index (χ4v) is 3.41. The van der Waals surface area contributed by atoms with Gasteiger partial charge in [-0.05, 0) is 31.6 Å². The van der Waals surface area contributed by atoms with Gasteiger partial charge in [0.2, 0.25) is 0 Å². The maximum atomic E-state index is 10.2. The van der Waals surface area contributed by atoms with E-state index < -0.39 is 0 Å². The van der Waals surface area contributed by atoms with E-state index in [0.717, 1.165) is 19.3 Å². The first-order chi connectivity index (χ1) is 6.20. The second-order valence-corrected chi connectivity index (χ2v) is 4.81. The van der Waals surface area contributed by atoms with E-state index in [0.29, 0.717) is 12.0 Å². The van der Waals surface area contributed by atoms with Crippen LogP contribution in [0.1, 0.15) is 39.0 Å². The standard InChI is InChI=1S/C11H20O2/c1-8-5-7-11(10(8)12)6-3-4-9(11)13-2/h8-10,12H,3-7H2,1-2H3/t8-,9-,10+,11+/m1/s1. The number of aliphatic hydroxyl groups is 1. The second kappa shape index (κ2) is 3.25. The molecule has 2 aliphatic rings. The molecule has 0 saturated heterocycles. The molecule has 0 radical (unpaired) electrons. The van der Waals surface area contributed by atoms with E-state index in [1.807, 2.05) is 0 Å². The zero-order chi connectivity index (χ0) is 9.47. The topological polar surface area (TPSA) is 29.5 Å². The van der Waals surface area contributed by atoms with Crippen molar-refractivity contribution in [2.45, 2.75) is 51.2 Å². The Morgan fingerprint density at radius 2 is 2.08 bits per heavy atom. The summed E-state index contributed by atoms with van der Waals surface area (Å²) in [6.45, 7) is 2.16. The molecule has 76 valence electrons. The first-order valence-electron chi connectivity index (χ1n) is 5.41. The average Bonchev–Trinajstić information content (AvgIpc) is 2.67. The van der Waals surface area contributed by atoms with Crippen molar-refractivity contribution in [3.63, 3.8) is 0 Å². The minimum Gasteiger partial charge on any atom is -0.392 e. The third-order valence-corrected chi connectivity index (χ3v) is 4.23. The van der Waals surface area contributed by atoms with Crippen LogP contribution in [-0.4, -0.2) is 24.4 Å². The molecular weight excluding hydrogens is 164 g/mol. The van der Waals surface area contributed by atoms with Crippen molar-refractivity contribution in [1.29, 1.82) is 0 Å². The molecule has 2 fully saturated rings. The predicted molar refractivity (Wildman–Crippen MR) is 51.5 cm³/mol. The summed E-state index contributed by atoms with van der Waals surface area (Å²) in [5.41, 5.74) is 0.119. The van der Waals surface area contributed by atoms with Gasteiger partial charge in [-0.1, -0.05) is 13.3 Å². The molecule has 0 aromatic rings. The molecule has 4 atom stereocenters. The minimum atomic E-state index is -0.125. The number of aliphatic hydroxyl groups excluding tert-OH is 1. The molecule has 0 bridgehead atoms. The van der Waals surface area contributed by atoms with Crippen molar-refractivity contribution in [3.05, 3.63) is 0 Å². The molecule has 2 nitrogen and oxygen atoms in total. The molecule has 0 unspecified atom stereocenters. The van der Waals surface area contributed by atoms with Crippen LogP contribution in [0.25, 0.3) is 0 Å². The Bertz CT molecular complexity index is 189. The number of hydrogen-bond donors (Lipinski definition) is 1. The van der Waals surface area contributed by atoms with Crippen molar-refractivity contribution >= 4 is 0 Å². The SMILES string of the molecule is CO[C@@H]1CCC[C@]12CC[C@@H](C)[C@@H]2O. The molecule has 2 rings (SSSR count). The van der Waals surface area contributed by atoms with E-state index >= 15 is 0 Å². The normalized spacial score (nSPS) is 50.5. The Hall–Kier alpha value is -0.0800. The highest BCUT2D eigenvalue weighted by molar-refractivity contribution is 5.03. The Labute approximate surface area is 80.3 Å². The molecule has 1 N–H and O–H groups in total. The summed E-state index contributed by atoms with van der Waals surface area (Å²) < 4.78 is 5.51. The van der Waals surface area contributed by atoms with Crippen LogP contribution in [0.2, 0.25) is 0 Å². The van der Waals surface area contributed by atoms with Gasteiger partial charge in [-0.3, -0.25) is 0 Å². The van der Waals surface area contributed by atoms with Gasteiger partial charge in [0.05, 0.1) is 12.2 Å². The predicted octanol–water partition coefficient (Wildman–Crippen LogP) is 1.96. The van der Waals surface area contributed by atoms with Crippen LogP contribution in [0.3, 0.4) is 0 Å². The van der Waals surface area contributed by atoms with E-state index in [1.54, 1.807) is 7.11 Å². The zero-order valence-corrected chi connectivity index (χ0v) is 8.62. The maximum absolute atomic E-state index is 10.2. The van der Waals surface area contributed by atoms with Crippen LogP contribution in [0, 0.1) is 11.3 Å². The largest absolute Gasteiger partial charge is 0.392 e. The van der Waals surface area contributed by atoms with Crippen LogP contribution in [0.15, 0.2) is 0 Å². The van der Waals surface area contributed by atoms with Crippen LogP contribution >= 0.6 is 0 Å². The Morgan fingerprint density at radius 3 is 2.62 bits per heavy atom. The molecule has 2 heteroatoms. The Morgan fingerprint density at radius 1 is 1.31 bits per heavy atom. The highest BCUT2D eigenvalue weighted by atomic mass is 16.5. The second-order valence-electron chi connectivity index (χ2n) is 4.81. The summed E-state index contributed by atoms with van der Waals surface area (Å²) >= 11 is 0. The van der Waals surface area contributed by atoms with Crippen molar-refractivity contribution in [3.8, 4) is 0 Å². The summed E-state index contributed by atoms with van der Waals surface area (Å²) in [4.78, 5) is 0. The summed E-state index contributed by atoms with van der Waals surface area (Å²) in [6.07, 6.45) is 6.04. The first-order valence-corrected chi connectivity index (χ1v) is 5.41. The van der Waals surface area contributed by atoms with E-state index in [1.165, 1.54) is 12.8 Å². The van der Waals surface area contributed by atoms with Gasteiger partial charge in [0.1, 0.15) is 0 Å². The maximum Gasteiger partial charge on any atom is 0.0652 e. The van der Waals surface area contributed by atoms with Crippen molar-refractivity contribution in [1.82, 2.24) is 0 Å². The molecule has 2 aliphatic carbocycles. The highest BCUT2D eigenvalue weighted by Crippen LogP contribution is 2.53. The Balaban J connectivity index is 2.19. The lowest BCUT2D eigenvalue weighted by molar-refractivity contribution is -0.0617. The fourth-order valence-electron chi connectivity index (χ4n) is 3.41. The molecule has 0 heterocycles. The van der Waals surface area contributed by atoms with Gasteiger partial charge in [-0.25, -0.2) is 0 Å².